The Morgan fingerprint density at radius 2 is 1.80 bits per heavy atom. The summed E-state index contributed by atoms with van der Waals surface area (Å²) in [4.78, 5) is 77.3. The zero-order valence-corrected chi connectivity index (χ0v) is 39.6. The van der Waals surface area contributed by atoms with E-state index >= 15 is 0 Å². The summed E-state index contributed by atoms with van der Waals surface area (Å²) in [6, 6.07) is 10.5. The highest BCUT2D eigenvalue weighted by molar-refractivity contribution is 5.96. The van der Waals surface area contributed by atoms with Crippen LogP contribution in [0.1, 0.15) is 83.9 Å². The SMILES string of the molecule is CCc1ccncc1-c1c2c3cc(ccc3n1CC)-c1cc(O)cc(c1)C[C@H](NC(=O)[C@H](C(C)C)N(C)C(=O)CN(C)C(=O)[C@H]1N[C@H]1C1CC1)C(=O)N1CCC[C@H](N1)C(=O)OCC(C)(C)C2. The minimum atomic E-state index is -1.16. The number of nitrogens with one attached hydrogen (secondary N) is 3. The Labute approximate surface area is 387 Å². The van der Waals surface area contributed by atoms with Crippen LogP contribution in [0.2, 0.25) is 0 Å². The van der Waals surface area contributed by atoms with E-state index in [9.17, 15) is 29.1 Å². The molecule has 5 atom stereocenters. The average Bonchev–Trinajstić information content (AvgIpc) is 4.24. The third-order valence-corrected chi connectivity index (χ3v) is 13.9. The predicted octanol–water partition coefficient (Wildman–Crippen LogP) is 5.00. The van der Waals surface area contributed by atoms with Crippen LogP contribution < -0.4 is 16.1 Å². The molecule has 2 aromatic carbocycles. The second kappa shape index (κ2) is 18.8. The van der Waals surface area contributed by atoms with Gasteiger partial charge >= 0.3 is 5.97 Å². The summed E-state index contributed by atoms with van der Waals surface area (Å²) in [5, 5.41) is 20.0. The molecule has 4 amide bonds. The quantitative estimate of drug-likeness (QED) is 0.118. The fourth-order valence-electron chi connectivity index (χ4n) is 10.2. The number of ether oxygens (including phenoxy) is 1. The Hall–Kier alpha value is -5.80. The number of hydrogen-bond acceptors (Lipinski definition) is 10. The number of cyclic esters (lactones) is 1. The zero-order chi connectivity index (χ0) is 47.2. The van der Waals surface area contributed by atoms with Crippen molar-refractivity contribution in [3.05, 3.63) is 71.5 Å². The van der Waals surface area contributed by atoms with E-state index in [1.165, 1.54) is 20.4 Å². The molecule has 15 nitrogen and oxygen atoms in total. The molecule has 0 spiro atoms. The van der Waals surface area contributed by atoms with Crippen LogP contribution in [0.25, 0.3) is 33.3 Å². The molecule has 8 rings (SSSR count). The number of hydrazine groups is 1. The lowest BCUT2D eigenvalue weighted by molar-refractivity contribution is -0.155. The standard InChI is InChI=1S/C51H66N8O7/c1-9-31-17-18-52-26-38(31)46-37-25-51(5,6)28-66-50(65)39-12-11-19-59(55-39)48(63)40(22-30-20-34(23-35(60)21-30)33-15-16-41(36(37)24-33)58(46)10-2)53-47(62)45(29(3)4)57(8)42(61)27-56(7)49(64)44-43(54-44)32-13-14-32/h15-18,20-21,23-24,26,29,32,39-40,43-45,54-55,60H,9-14,19,22,25,27-28H2,1-8H3,(H,53,62)/t39-,40-,43-,44-,45-/m0/s1. The van der Waals surface area contributed by atoms with Gasteiger partial charge in [-0.2, -0.15) is 0 Å². The summed E-state index contributed by atoms with van der Waals surface area (Å²) in [5.74, 6) is -1.89. The second-order valence-electron chi connectivity index (χ2n) is 20.0. The van der Waals surface area contributed by atoms with Gasteiger partial charge in [0.25, 0.3) is 5.91 Å². The number of carbonyl (C=O) groups excluding carboxylic acids is 5. The molecule has 4 aliphatic rings. The van der Waals surface area contributed by atoms with E-state index in [0.29, 0.717) is 37.3 Å². The number of aryl methyl sites for hydroxylation is 2. The lowest BCUT2D eigenvalue weighted by Gasteiger charge is -2.37. The molecule has 4 N–H and O–H groups in total. The smallest absolute Gasteiger partial charge is 0.324 e. The Bertz CT molecular complexity index is 2530. The van der Waals surface area contributed by atoms with Gasteiger partial charge in [0.2, 0.25) is 17.7 Å². The molecule has 352 valence electrons. The lowest BCUT2D eigenvalue weighted by atomic mass is 9.84. The number of aromatic hydroxyl groups is 1. The number of rotatable bonds is 11. The molecule has 3 aliphatic heterocycles. The fraction of sp³-hybridized carbons (Fsp3) is 0.529. The molecule has 0 unspecified atom stereocenters. The van der Waals surface area contributed by atoms with Crippen molar-refractivity contribution >= 4 is 40.5 Å². The Morgan fingerprint density at radius 1 is 1.03 bits per heavy atom. The molecule has 66 heavy (non-hydrogen) atoms. The van der Waals surface area contributed by atoms with Crippen molar-refractivity contribution in [2.24, 2.45) is 17.3 Å². The molecule has 5 heterocycles. The number of pyridine rings is 1. The van der Waals surface area contributed by atoms with E-state index in [2.05, 4.69) is 71.5 Å². The third kappa shape index (κ3) is 9.69. The lowest BCUT2D eigenvalue weighted by Crippen LogP contribution is -2.62. The maximum Gasteiger partial charge on any atom is 0.324 e. The van der Waals surface area contributed by atoms with Gasteiger partial charge in [-0.25, -0.2) is 5.43 Å². The van der Waals surface area contributed by atoms with Crippen LogP contribution in [0.4, 0.5) is 0 Å². The summed E-state index contributed by atoms with van der Waals surface area (Å²) in [6.45, 7) is 13.0. The van der Waals surface area contributed by atoms with Crippen LogP contribution in [0.15, 0.2) is 54.9 Å². The number of hydrogen-bond donors (Lipinski definition) is 4. The third-order valence-electron chi connectivity index (χ3n) is 13.9. The van der Waals surface area contributed by atoms with Gasteiger partial charge in [0.15, 0.2) is 0 Å². The second-order valence-corrected chi connectivity index (χ2v) is 20.0. The van der Waals surface area contributed by atoms with Crippen LogP contribution in [-0.2, 0) is 54.5 Å². The Kier molecular flexibility index (Phi) is 13.3. The van der Waals surface area contributed by atoms with Crippen molar-refractivity contribution < 1.29 is 33.8 Å². The van der Waals surface area contributed by atoms with Crippen molar-refractivity contribution in [3.8, 4) is 28.1 Å². The van der Waals surface area contributed by atoms with E-state index in [1.807, 2.05) is 38.4 Å². The van der Waals surface area contributed by atoms with E-state index in [-0.39, 0.29) is 55.8 Å². The number of benzene rings is 2. The van der Waals surface area contributed by atoms with Crippen LogP contribution in [0.5, 0.6) is 5.75 Å². The number of amides is 4. The molecule has 2 aromatic heterocycles. The van der Waals surface area contributed by atoms with Gasteiger partial charge in [-0.15, -0.1) is 0 Å². The number of phenols is 1. The van der Waals surface area contributed by atoms with Crippen LogP contribution >= 0.6 is 0 Å². The first-order valence-corrected chi connectivity index (χ1v) is 23.7. The molecule has 3 fully saturated rings. The van der Waals surface area contributed by atoms with Crippen LogP contribution in [0.3, 0.4) is 0 Å². The number of fused-ring (bicyclic) bond motifs is 6. The average molecular weight is 903 g/mol. The van der Waals surface area contributed by atoms with E-state index < -0.39 is 47.2 Å². The molecule has 15 heteroatoms. The Morgan fingerprint density at radius 3 is 2.52 bits per heavy atom. The summed E-state index contributed by atoms with van der Waals surface area (Å²) in [5.41, 5.74) is 10.3. The van der Waals surface area contributed by atoms with Crippen molar-refractivity contribution in [1.82, 2.24) is 40.4 Å². The van der Waals surface area contributed by atoms with Gasteiger partial charge in [0.05, 0.1) is 18.8 Å². The molecular formula is C51H66N8O7. The topological polar surface area (TPSA) is 188 Å². The summed E-state index contributed by atoms with van der Waals surface area (Å²) < 4.78 is 8.42. The molecule has 6 bridgehead atoms. The highest BCUT2D eigenvalue weighted by Crippen LogP contribution is 2.42. The number of phenolic OH excluding ortho intramolecular Hbond substituents is 1. The fourth-order valence-corrected chi connectivity index (χ4v) is 10.2. The van der Waals surface area contributed by atoms with Gasteiger partial charge in [-0.05, 0) is 115 Å². The summed E-state index contributed by atoms with van der Waals surface area (Å²) in [6.07, 6.45) is 8.33. The molecule has 2 saturated heterocycles. The Balaban J connectivity index is 1.15. The number of likely N-dealkylation sites (N-methyl/N-ethyl adjacent to an activating group) is 2. The van der Waals surface area contributed by atoms with Crippen molar-refractivity contribution in [1.29, 1.82) is 0 Å². The minimum absolute atomic E-state index is 0.00143. The molecule has 1 saturated carbocycles. The van der Waals surface area contributed by atoms with E-state index in [4.69, 9.17) is 4.74 Å². The maximum absolute atomic E-state index is 14.7. The number of nitrogens with zero attached hydrogens (tertiary/aromatic N) is 5. The van der Waals surface area contributed by atoms with E-state index in [0.717, 1.165) is 58.1 Å². The largest absolute Gasteiger partial charge is 0.508 e. The first-order valence-electron chi connectivity index (χ1n) is 23.7. The minimum Gasteiger partial charge on any atom is -0.508 e. The summed E-state index contributed by atoms with van der Waals surface area (Å²) >= 11 is 0. The molecule has 1 aliphatic carbocycles. The molecular weight excluding hydrogens is 837 g/mol. The first kappa shape index (κ1) is 46.7. The highest BCUT2D eigenvalue weighted by Gasteiger charge is 2.52. The monoisotopic (exact) mass is 903 g/mol. The number of carbonyl (C=O) groups is 5. The highest BCUT2D eigenvalue weighted by atomic mass is 16.5. The normalized spacial score (nSPS) is 22.3. The zero-order valence-electron chi connectivity index (χ0n) is 39.6. The maximum atomic E-state index is 14.7. The van der Waals surface area contributed by atoms with Gasteiger partial charge in [-0.1, -0.05) is 46.8 Å². The number of esters is 1. The van der Waals surface area contributed by atoms with Gasteiger partial charge in [-0.3, -0.25) is 39.3 Å². The predicted molar refractivity (Wildman–Crippen MR) is 252 cm³/mol. The van der Waals surface area contributed by atoms with Crippen LogP contribution in [0, 0.1) is 17.3 Å². The first-order chi connectivity index (χ1) is 31.5. The van der Waals surface area contributed by atoms with Crippen molar-refractivity contribution in [3.63, 3.8) is 0 Å². The van der Waals surface area contributed by atoms with Crippen LogP contribution in [-0.4, -0.2) is 123 Å². The van der Waals surface area contributed by atoms with Gasteiger partial charge < -0.3 is 29.5 Å². The van der Waals surface area contributed by atoms with Gasteiger partial charge in [0.1, 0.15) is 29.9 Å². The van der Waals surface area contributed by atoms with Crippen molar-refractivity contribution in [2.45, 2.75) is 123 Å². The van der Waals surface area contributed by atoms with E-state index in [1.54, 1.807) is 26.2 Å². The van der Waals surface area contributed by atoms with Crippen molar-refractivity contribution in [2.75, 3.05) is 33.8 Å². The van der Waals surface area contributed by atoms with Gasteiger partial charge in [0, 0.05) is 73.9 Å². The molecule has 4 aromatic rings. The molecule has 0 radical (unpaired) electrons. The summed E-state index contributed by atoms with van der Waals surface area (Å²) in [7, 11) is 3.14. The number of aromatic nitrogens is 2.